The van der Waals surface area contributed by atoms with E-state index >= 15 is 0 Å². The molecule has 2 heterocycles. The molecule has 2 aliphatic heterocycles. The molecule has 0 radical (unpaired) electrons. The van der Waals surface area contributed by atoms with Gasteiger partial charge in [-0.2, -0.15) is 0 Å². The molecule has 6 heteroatoms. The Morgan fingerprint density at radius 2 is 1.62 bits per heavy atom. The molecule has 0 aromatic heterocycles. The first kappa shape index (κ1) is 22.5. The molecule has 2 saturated heterocycles. The molecule has 2 aromatic carbocycles. The maximum Gasteiger partial charge on any atom is 0.225 e. The number of hydrogen-bond donors (Lipinski definition) is 3. The first-order valence-corrected chi connectivity index (χ1v) is 11.7. The number of carbonyl (C=O) groups excluding carboxylic acids is 2. The molecule has 3 unspecified atom stereocenters. The third kappa shape index (κ3) is 5.37. The van der Waals surface area contributed by atoms with E-state index in [0.717, 1.165) is 17.5 Å². The fourth-order valence-corrected chi connectivity index (χ4v) is 4.89. The van der Waals surface area contributed by atoms with Gasteiger partial charge in [0.1, 0.15) is 0 Å². The molecule has 0 saturated carbocycles. The van der Waals surface area contributed by atoms with Crippen molar-refractivity contribution in [1.29, 1.82) is 0 Å². The summed E-state index contributed by atoms with van der Waals surface area (Å²) in [4.78, 5) is 27.5. The zero-order valence-corrected chi connectivity index (χ0v) is 19.0. The third-order valence-corrected chi connectivity index (χ3v) is 6.90. The van der Waals surface area contributed by atoms with Gasteiger partial charge in [0.15, 0.2) is 0 Å². The van der Waals surface area contributed by atoms with Crippen molar-refractivity contribution >= 4 is 11.8 Å². The van der Waals surface area contributed by atoms with Gasteiger partial charge in [0.2, 0.25) is 11.8 Å². The minimum atomic E-state index is -0.225. The van der Waals surface area contributed by atoms with Gasteiger partial charge in [0.25, 0.3) is 0 Å². The predicted octanol–water partition coefficient (Wildman–Crippen LogP) is 2.75. The number of amides is 2. The molecule has 170 valence electrons. The summed E-state index contributed by atoms with van der Waals surface area (Å²) in [6.07, 6.45) is 2.01. The predicted molar refractivity (Wildman–Crippen MR) is 127 cm³/mol. The number of benzene rings is 2. The fraction of sp³-hybridized carbons (Fsp3) is 0.462. The quantitative estimate of drug-likeness (QED) is 0.654. The normalized spacial score (nSPS) is 25.9. The summed E-state index contributed by atoms with van der Waals surface area (Å²) < 4.78 is 0. The minimum absolute atomic E-state index is 0.0406. The van der Waals surface area contributed by atoms with Gasteiger partial charge in [-0.15, -0.1) is 0 Å². The van der Waals surface area contributed by atoms with E-state index in [0.29, 0.717) is 50.5 Å². The second kappa shape index (κ2) is 10.3. The van der Waals surface area contributed by atoms with Crippen molar-refractivity contribution < 1.29 is 9.59 Å². The largest absolute Gasteiger partial charge is 0.354 e. The molecular formula is C26H34N4O2. The van der Waals surface area contributed by atoms with E-state index in [1.165, 1.54) is 5.56 Å². The highest BCUT2D eigenvalue weighted by atomic mass is 16.2. The maximum absolute atomic E-state index is 13.0. The Balaban J connectivity index is 1.36. The van der Waals surface area contributed by atoms with Gasteiger partial charge in [0.05, 0.1) is 5.92 Å². The summed E-state index contributed by atoms with van der Waals surface area (Å²) in [6, 6.07) is 19.4. The standard InChI is InChI=1S/C26H34N4O2/c1-18-24(19(2)29-28-18)12-13-25(31)30-15-14-27-26(32)23(17-30)16-20-8-10-22(11-9-20)21-6-4-3-5-7-21/h3-11,18-19,23-24,28-29H,12-17H2,1-2H3,(H,27,32). The average molecular weight is 435 g/mol. The highest BCUT2D eigenvalue weighted by Gasteiger charge is 2.32. The molecule has 0 bridgehead atoms. The molecule has 2 amide bonds. The molecule has 2 aliphatic rings. The van der Waals surface area contributed by atoms with Crippen LogP contribution in [0, 0.1) is 11.8 Å². The highest BCUT2D eigenvalue weighted by molar-refractivity contribution is 5.82. The molecule has 3 N–H and O–H groups in total. The van der Waals surface area contributed by atoms with Crippen LogP contribution in [-0.4, -0.2) is 48.4 Å². The van der Waals surface area contributed by atoms with E-state index < -0.39 is 0 Å². The van der Waals surface area contributed by atoms with Crippen LogP contribution >= 0.6 is 0 Å². The van der Waals surface area contributed by atoms with E-state index in [4.69, 9.17) is 0 Å². The zero-order chi connectivity index (χ0) is 22.5. The first-order chi connectivity index (χ1) is 15.5. The summed E-state index contributed by atoms with van der Waals surface area (Å²) >= 11 is 0. The summed E-state index contributed by atoms with van der Waals surface area (Å²) in [5.41, 5.74) is 9.97. The number of rotatable bonds is 6. The molecule has 0 spiro atoms. The summed E-state index contributed by atoms with van der Waals surface area (Å²) in [6.45, 7) is 5.89. The van der Waals surface area contributed by atoms with Crippen LogP contribution < -0.4 is 16.2 Å². The lowest BCUT2D eigenvalue weighted by Gasteiger charge is -2.25. The second-order valence-electron chi connectivity index (χ2n) is 9.16. The highest BCUT2D eigenvalue weighted by Crippen LogP contribution is 2.23. The molecule has 32 heavy (non-hydrogen) atoms. The maximum atomic E-state index is 13.0. The lowest BCUT2D eigenvalue weighted by molar-refractivity contribution is -0.132. The van der Waals surface area contributed by atoms with E-state index in [9.17, 15) is 9.59 Å². The van der Waals surface area contributed by atoms with Crippen LogP contribution in [0.15, 0.2) is 54.6 Å². The molecule has 4 rings (SSSR count). The van der Waals surface area contributed by atoms with Crippen LogP contribution in [0.1, 0.15) is 32.3 Å². The smallest absolute Gasteiger partial charge is 0.225 e. The van der Waals surface area contributed by atoms with Crippen molar-refractivity contribution in [3.63, 3.8) is 0 Å². The van der Waals surface area contributed by atoms with Crippen LogP contribution in [-0.2, 0) is 16.0 Å². The number of nitrogens with zero attached hydrogens (tertiary/aromatic N) is 1. The van der Waals surface area contributed by atoms with Crippen LogP contribution in [0.5, 0.6) is 0 Å². The number of carbonyl (C=O) groups is 2. The Morgan fingerprint density at radius 3 is 2.31 bits per heavy atom. The van der Waals surface area contributed by atoms with Crippen molar-refractivity contribution in [3.8, 4) is 11.1 Å². The molecular weight excluding hydrogens is 400 g/mol. The second-order valence-corrected chi connectivity index (χ2v) is 9.16. The summed E-state index contributed by atoms with van der Waals surface area (Å²) in [7, 11) is 0. The van der Waals surface area contributed by atoms with Crippen LogP contribution in [0.2, 0.25) is 0 Å². The third-order valence-electron chi connectivity index (χ3n) is 6.90. The minimum Gasteiger partial charge on any atom is -0.354 e. The average Bonchev–Trinajstić information content (AvgIpc) is 3.01. The topological polar surface area (TPSA) is 73.5 Å². The molecule has 3 atom stereocenters. The van der Waals surface area contributed by atoms with Crippen molar-refractivity contribution in [1.82, 2.24) is 21.1 Å². The van der Waals surface area contributed by atoms with E-state index in [1.54, 1.807) is 0 Å². The molecule has 2 aromatic rings. The van der Waals surface area contributed by atoms with Gasteiger partial charge in [-0.1, -0.05) is 54.6 Å². The van der Waals surface area contributed by atoms with Crippen LogP contribution in [0.4, 0.5) is 0 Å². The van der Waals surface area contributed by atoms with Crippen molar-refractivity contribution in [2.45, 2.75) is 45.2 Å². The van der Waals surface area contributed by atoms with Gasteiger partial charge >= 0.3 is 0 Å². The fourth-order valence-electron chi connectivity index (χ4n) is 4.89. The van der Waals surface area contributed by atoms with E-state index in [-0.39, 0.29) is 17.7 Å². The lowest BCUT2D eigenvalue weighted by atomic mass is 9.91. The summed E-state index contributed by atoms with van der Waals surface area (Å²) in [5, 5.41) is 3.00. The molecule has 2 fully saturated rings. The van der Waals surface area contributed by atoms with Gasteiger partial charge in [-0.25, -0.2) is 0 Å². The number of hydrazine groups is 1. The van der Waals surface area contributed by atoms with Gasteiger partial charge < -0.3 is 10.2 Å². The van der Waals surface area contributed by atoms with Crippen molar-refractivity contribution in [3.05, 3.63) is 60.2 Å². The Morgan fingerprint density at radius 1 is 0.969 bits per heavy atom. The lowest BCUT2D eigenvalue weighted by Crippen LogP contribution is -2.37. The SMILES string of the molecule is CC1NNC(C)C1CCC(=O)N1CCNC(=O)C(Cc2ccc(-c3ccccc3)cc2)C1. The first-order valence-electron chi connectivity index (χ1n) is 11.7. The van der Waals surface area contributed by atoms with Gasteiger partial charge in [-0.05, 0) is 49.3 Å². The number of nitrogens with one attached hydrogen (secondary N) is 3. The monoisotopic (exact) mass is 434 g/mol. The Labute approximate surface area is 190 Å². The molecule has 0 aliphatic carbocycles. The van der Waals surface area contributed by atoms with Crippen LogP contribution in [0.25, 0.3) is 11.1 Å². The molecule has 6 nitrogen and oxygen atoms in total. The van der Waals surface area contributed by atoms with Crippen molar-refractivity contribution in [2.75, 3.05) is 19.6 Å². The van der Waals surface area contributed by atoms with E-state index in [2.05, 4.69) is 66.4 Å². The van der Waals surface area contributed by atoms with Gasteiger partial charge in [-0.3, -0.25) is 20.4 Å². The van der Waals surface area contributed by atoms with Crippen molar-refractivity contribution in [2.24, 2.45) is 11.8 Å². The van der Waals surface area contributed by atoms with Crippen LogP contribution in [0.3, 0.4) is 0 Å². The zero-order valence-electron chi connectivity index (χ0n) is 19.0. The van der Waals surface area contributed by atoms with Gasteiger partial charge in [0, 0.05) is 38.1 Å². The Bertz CT molecular complexity index is 905. The number of hydrogen-bond acceptors (Lipinski definition) is 4. The van der Waals surface area contributed by atoms with E-state index in [1.807, 2.05) is 23.1 Å². The Hall–Kier alpha value is -2.70. The summed E-state index contributed by atoms with van der Waals surface area (Å²) in [5.74, 6) is 0.400. The Kier molecular flexibility index (Phi) is 7.22.